The molecule has 0 spiro atoms. The third-order valence-corrected chi connectivity index (χ3v) is 10.4. The molecule has 0 radical (unpaired) electrons. The van der Waals surface area contributed by atoms with Crippen molar-refractivity contribution in [2.75, 3.05) is 23.1 Å². The number of aryl methyl sites for hydroxylation is 1. The van der Waals surface area contributed by atoms with Crippen LogP contribution in [0, 0.1) is 12.8 Å². The highest BCUT2D eigenvalue weighted by Crippen LogP contribution is 2.31. The molecular formula is C26H27Cl2N3O5S2. The first kappa shape index (κ1) is 28.4. The predicted molar refractivity (Wildman–Crippen MR) is 150 cm³/mol. The second kappa shape index (κ2) is 11.6. The summed E-state index contributed by atoms with van der Waals surface area (Å²) in [6.45, 7) is 2.48. The molecule has 0 bridgehead atoms. The van der Waals surface area contributed by atoms with Gasteiger partial charge in [0.25, 0.3) is 10.0 Å². The summed E-state index contributed by atoms with van der Waals surface area (Å²) >= 11 is 12.0. The van der Waals surface area contributed by atoms with Gasteiger partial charge in [-0.25, -0.2) is 21.1 Å². The van der Waals surface area contributed by atoms with E-state index < -0.39 is 20.0 Å². The number of hydrogen-bond acceptors (Lipinski definition) is 5. The third-order valence-electron chi connectivity index (χ3n) is 6.32. The maximum Gasteiger partial charge on any atom is 0.261 e. The molecule has 1 aliphatic heterocycles. The van der Waals surface area contributed by atoms with Crippen molar-refractivity contribution >= 4 is 60.5 Å². The topological polar surface area (TPSA) is 113 Å². The number of halogens is 2. The number of amides is 1. The lowest BCUT2D eigenvalue weighted by molar-refractivity contribution is -0.120. The summed E-state index contributed by atoms with van der Waals surface area (Å²) < 4.78 is 55.0. The summed E-state index contributed by atoms with van der Waals surface area (Å²) in [5.74, 6) is -0.659. The summed E-state index contributed by atoms with van der Waals surface area (Å²) in [5.41, 5.74) is 2.38. The van der Waals surface area contributed by atoms with Gasteiger partial charge in [0.1, 0.15) is 0 Å². The van der Waals surface area contributed by atoms with Crippen molar-refractivity contribution in [1.82, 2.24) is 4.31 Å². The van der Waals surface area contributed by atoms with E-state index in [1.165, 1.54) is 34.6 Å². The van der Waals surface area contributed by atoms with Gasteiger partial charge >= 0.3 is 0 Å². The monoisotopic (exact) mass is 595 g/mol. The normalized spacial score (nSPS) is 15.2. The molecule has 0 aliphatic carbocycles. The number of nitrogens with one attached hydrogen (secondary N) is 2. The first-order valence-electron chi connectivity index (χ1n) is 11.9. The van der Waals surface area contributed by atoms with Crippen LogP contribution in [-0.2, 0) is 30.6 Å². The number of anilines is 2. The number of benzene rings is 3. The van der Waals surface area contributed by atoms with E-state index in [0.717, 1.165) is 11.1 Å². The van der Waals surface area contributed by atoms with Crippen molar-refractivity contribution in [3.63, 3.8) is 0 Å². The quantitative estimate of drug-likeness (QED) is 0.367. The lowest BCUT2D eigenvalue weighted by Gasteiger charge is -2.30. The second-order valence-electron chi connectivity index (χ2n) is 9.14. The standard InChI is InChI=1S/C26H27Cl2N3O5S2/c1-18-5-7-19(8-6-18)17-37(33,34)31-15-13-20(14-16-31)26(32)29-21-9-11-22(12-10-21)38(35,36)30-24-4-2-3-23(27)25(24)28/h2-12,20,30H,13-17H2,1H3,(H,29,32). The van der Waals surface area contributed by atoms with Crippen LogP contribution in [0.15, 0.2) is 71.6 Å². The van der Waals surface area contributed by atoms with Crippen LogP contribution in [0.4, 0.5) is 11.4 Å². The number of sulfonamides is 2. The molecule has 1 fully saturated rings. The summed E-state index contributed by atoms with van der Waals surface area (Å²) in [6.07, 6.45) is 0.797. The van der Waals surface area contributed by atoms with Crippen LogP contribution < -0.4 is 10.0 Å². The first-order chi connectivity index (χ1) is 17.9. The zero-order chi connectivity index (χ0) is 27.5. The first-order valence-corrected chi connectivity index (χ1v) is 15.7. The van der Waals surface area contributed by atoms with Gasteiger partial charge in [-0.3, -0.25) is 9.52 Å². The highest BCUT2D eigenvalue weighted by molar-refractivity contribution is 7.92. The molecule has 2 N–H and O–H groups in total. The van der Waals surface area contributed by atoms with Gasteiger partial charge in [-0.15, -0.1) is 0 Å². The van der Waals surface area contributed by atoms with Gasteiger partial charge in [0.05, 0.1) is 26.4 Å². The zero-order valence-corrected chi connectivity index (χ0v) is 23.7. The minimum atomic E-state index is -3.93. The van der Waals surface area contributed by atoms with Gasteiger partial charge in [-0.2, -0.15) is 0 Å². The summed E-state index contributed by atoms with van der Waals surface area (Å²) in [6, 6.07) is 17.7. The van der Waals surface area contributed by atoms with Crippen LogP contribution in [0.3, 0.4) is 0 Å². The van der Waals surface area contributed by atoms with Crippen molar-refractivity contribution in [2.45, 2.75) is 30.4 Å². The van der Waals surface area contributed by atoms with Crippen LogP contribution >= 0.6 is 23.2 Å². The van der Waals surface area contributed by atoms with Gasteiger partial charge in [0, 0.05) is 24.7 Å². The summed E-state index contributed by atoms with van der Waals surface area (Å²) in [4.78, 5) is 12.8. The number of nitrogens with zero attached hydrogens (tertiary/aromatic N) is 1. The average molecular weight is 597 g/mol. The number of carbonyl (C=O) groups excluding carboxylic acids is 1. The van der Waals surface area contributed by atoms with Gasteiger partial charge in [-0.05, 0) is 61.7 Å². The fourth-order valence-corrected chi connectivity index (χ4v) is 7.17. The molecule has 0 unspecified atom stereocenters. The zero-order valence-electron chi connectivity index (χ0n) is 20.5. The van der Waals surface area contributed by atoms with Crippen LogP contribution in [0.2, 0.25) is 10.0 Å². The Morgan fingerprint density at radius 3 is 2.18 bits per heavy atom. The fraction of sp³-hybridized carbons (Fsp3) is 0.269. The second-order valence-corrected chi connectivity index (χ2v) is 13.6. The summed E-state index contributed by atoms with van der Waals surface area (Å²) in [7, 11) is -7.41. The van der Waals surface area contributed by atoms with Crippen molar-refractivity contribution in [1.29, 1.82) is 0 Å². The number of hydrogen-bond donors (Lipinski definition) is 2. The van der Waals surface area contributed by atoms with Crippen LogP contribution in [0.25, 0.3) is 0 Å². The van der Waals surface area contributed by atoms with E-state index in [4.69, 9.17) is 23.2 Å². The predicted octanol–water partition coefficient (Wildman–Crippen LogP) is 5.28. The molecule has 0 aromatic heterocycles. The van der Waals surface area contributed by atoms with Crippen molar-refractivity contribution in [2.24, 2.45) is 5.92 Å². The Morgan fingerprint density at radius 2 is 1.55 bits per heavy atom. The van der Waals surface area contributed by atoms with Gasteiger partial charge in [0.2, 0.25) is 15.9 Å². The Bertz CT molecular complexity index is 1520. The lowest BCUT2D eigenvalue weighted by atomic mass is 9.97. The van der Waals surface area contributed by atoms with Crippen molar-refractivity contribution in [3.8, 4) is 0 Å². The highest BCUT2D eigenvalue weighted by Gasteiger charge is 2.31. The molecule has 3 aromatic rings. The Labute approximate surface area is 233 Å². The molecule has 3 aromatic carbocycles. The van der Waals surface area contributed by atoms with E-state index in [-0.39, 0.29) is 51.3 Å². The minimum absolute atomic E-state index is 0.0152. The Kier molecular flexibility index (Phi) is 8.68. The van der Waals surface area contributed by atoms with Crippen molar-refractivity contribution < 1.29 is 21.6 Å². The highest BCUT2D eigenvalue weighted by atomic mass is 35.5. The van der Waals surface area contributed by atoms with E-state index in [0.29, 0.717) is 18.5 Å². The van der Waals surface area contributed by atoms with Crippen molar-refractivity contribution in [3.05, 3.63) is 87.9 Å². The van der Waals surface area contributed by atoms with Gasteiger partial charge in [-0.1, -0.05) is 59.1 Å². The molecule has 1 saturated heterocycles. The smallest absolute Gasteiger partial charge is 0.261 e. The molecule has 202 valence electrons. The molecule has 0 atom stereocenters. The molecule has 38 heavy (non-hydrogen) atoms. The Morgan fingerprint density at radius 1 is 0.921 bits per heavy atom. The molecule has 8 nitrogen and oxygen atoms in total. The molecule has 4 rings (SSSR count). The van der Waals surface area contributed by atoms with Crippen LogP contribution in [0.5, 0.6) is 0 Å². The molecular weight excluding hydrogens is 569 g/mol. The van der Waals surface area contributed by atoms with Crippen LogP contribution in [0.1, 0.15) is 24.0 Å². The van der Waals surface area contributed by atoms with Gasteiger partial charge < -0.3 is 5.32 Å². The maximum atomic E-state index is 12.8. The molecule has 1 heterocycles. The van der Waals surface area contributed by atoms with E-state index in [1.807, 2.05) is 31.2 Å². The van der Waals surface area contributed by atoms with E-state index >= 15 is 0 Å². The fourth-order valence-electron chi connectivity index (χ4n) is 4.13. The molecule has 12 heteroatoms. The van der Waals surface area contributed by atoms with E-state index in [1.54, 1.807) is 12.1 Å². The molecule has 0 saturated carbocycles. The van der Waals surface area contributed by atoms with Gasteiger partial charge in [0.15, 0.2) is 0 Å². The maximum absolute atomic E-state index is 12.8. The third kappa shape index (κ3) is 6.86. The Hall–Kier alpha value is -2.63. The largest absolute Gasteiger partial charge is 0.326 e. The van der Waals surface area contributed by atoms with E-state index in [2.05, 4.69) is 10.0 Å². The SMILES string of the molecule is Cc1ccc(CS(=O)(=O)N2CCC(C(=O)Nc3ccc(S(=O)(=O)Nc4cccc(Cl)c4Cl)cc3)CC2)cc1. The number of rotatable bonds is 8. The molecule has 1 aliphatic rings. The minimum Gasteiger partial charge on any atom is -0.326 e. The molecule has 1 amide bonds. The average Bonchev–Trinajstić information content (AvgIpc) is 2.88. The number of piperidine rings is 1. The lowest BCUT2D eigenvalue weighted by Crippen LogP contribution is -2.41. The number of carbonyl (C=O) groups is 1. The summed E-state index contributed by atoms with van der Waals surface area (Å²) in [5, 5.41) is 3.11. The van der Waals surface area contributed by atoms with Crippen LogP contribution in [-0.4, -0.2) is 40.1 Å². The Balaban J connectivity index is 1.32. The van der Waals surface area contributed by atoms with E-state index in [9.17, 15) is 21.6 Å².